The van der Waals surface area contributed by atoms with Crippen LogP contribution in [0.4, 0.5) is 0 Å². The second kappa shape index (κ2) is 10.1. The van der Waals surface area contributed by atoms with E-state index in [-0.39, 0.29) is 0 Å². The standard InChI is InChI=1S/C32H22Cl2/c33-31-27(22-21-23-13-5-1-6-14-23)28(24-15-7-2-8-16-24)29(25-17-9-3-10-18-25)30(32(31)34)26-19-11-4-12-20-26/h1-22H/b22-21+. The number of halogens is 2. The fourth-order valence-corrected chi connectivity index (χ4v) is 4.84. The number of hydrogen-bond donors (Lipinski definition) is 0. The highest BCUT2D eigenvalue weighted by molar-refractivity contribution is 6.46. The smallest absolute Gasteiger partial charge is 0.0683 e. The van der Waals surface area contributed by atoms with Crippen molar-refractivity contribution in [2.75, 3.05) is 0 Å². The van der Waals surface area contributed by atoms with Crippen molar-refractivity contribution >= 4 is 35.4 Å². The van der Waals surface area contributed by atoms with Crippen LogP contribution in [0.5, 0.6) is 0 Å². The van der Waals surface area contributed by atoms with Crippen LogP contribution in [-0.2, 0) is 0 Å². The monoisotopic (exact) mass is 476 g/mol. The lowest BCUT2D eigenvalue weighted by molar-refractivity contribution is 1.54. The van der Waals surface area contributed by atoms with E-state index in [2.05, 4.69) is 84.9 Å². The van der Waals surface area contributed by atoms with Gasteiger partial charge in [0.2, 0.25) is 0 Å². The van der Waals surface area contributed by atoms with Crippen molar-refractivity contribution in [2.24, 2.45) is 0 Å². The van der Waals surface area contributed by atoms with Crippen molar-refractivity contribution in [1.82, 2.24) is 0 Å². The molecule has 0 aromatic heterocycles. The van der Waals surface area contributed by atoms with Crippen LogP contribution in [0.1, 0.15) is 11.1 Å². The molecule has 0 atom stereocenters. The van der Waals surface area contributed by atoms with E-state index in [0.717, 1.165) is 44.5 Å². The molecule has 0 fully saturated rings. The van der Waals surface area contributed by atoms with E-state index in [1.165, 1.54) is 0 Å². The average Bonchev–Trinajstić information content (AvgIpc) is 2.91. The van der Waals surface area contributed by atoms with E-state index in [1.54, 1.807) is 0 Å². The normalized spacial score (nSPS) is 11.1. The lowest BCUT2D eigenvalue weighted by Crippen LogP contribution is -1.97. The van der Waals surface area contributed by atoms with Crippen molar-refractivity contribution in [3.05, 3.63) is 142 Å². The van der Waals surface area contributed by atoms with E-state index in [1.807, 2.05) is 48.5 Å². The van der Waals surface area contributed by atoms with E-state index in [4.69, 9.17) is 23.2 Å². The molecular weight excluding hydrogens is 455 g/mol. The molecule has 2 heteroatoms. The van der Waals surface area contributed by atoms with E-state index >= 15 is 0 Å². The van der Waals surface area contributed by atoms with Crippen LogP contribution in [0.15, 0.2) is 121 Å². The molecule has 0 saturated heterocycles. The second-order valence-electron chi connectivity index (χ2n) is 8.01. The summed E-state index contributed by atoms with van der Waals surface area (Å²) in [6, 6.07) is 41.2. The maximum Gasteiger partial charge on any atom is 0.0683 e. The van der Waals surface area contributed by atoms with Crippen molar-refractivity contribution < 1.29 is 0 Å². The van der Waals surface area contributed by atoms with Crippen LogP contribution < -0.4 is 0 Å². The summed E-state index contributed by atoms with van der Waals surface area (Å²) in [7, 11) is 0. The predicted molar refractivity (Wildman–Crippen MR) is 148 cm³/mol. The molecule has 0 aliphatic rings. The van der Waals surface area contributed by atoms with Gasteiger partial charge >= 0.3 is 0 Å². The molecule has 34 heavy (non-hydrogen) atoms. The third kappa shape index (κ3) is 4.43. The van der Waals surface area contributed by atoms with Gasteiger partial charge in [-0.05, 0) is 33.4 Å². The maximum absolute atomic E-state index is 7.06. The van der Waals surface area contributed by atoms with Crippen molar-refractivity contribution in [2.45, 2.75) is 0 Å². The molecule has 0 radical (unpaired) electrons. The van der Waals surface area contributed by atoms with Gasteiger partial charge in [0.25, 0.3) is 0 Å². The van der Waals surface area contributed by atoms with Crippen LogP contribution in [0.2, 0.25) is 10.0 Å². The van der Waals surface area contributed by atoms with Gasteiger partial charge in [0.15, 0.2) is 0 Å². The Hall–Kier alpha value is -3.58. The summed E-state index contributed by atoms with van der Waals surface area (Å²) in [4.78, 5) is 0. The van der Waals surface area contributed by atoms with Crippen molar-refractivity contribution in [3.63, 3.8) is 0 Å². The summed E-state index contributed by atoms with van der Waals surface area (Å²) in [5.74, 6) is 0. The largest absolute Gasteiger partial charge is 0.0820 e. The summed E-state index contributed by atoms with van der Waals surface area (Å²) in [6.07, 6.45) is 4.16. The molecule has 0 amide bonds. The Labute approximate surface area is 210 Å². The molecule has 0 heterocycles. The van der Waals surface area contributed by atoms with Crippen LogP contribution in [0.3, 0.4) is 0 Å². The minimum absolute atomic E-state index is 0.547. The summed E-state index contributed by atoms with van der Waals surface area (Å²) >= 11 is 14.1. The SMILES string of the molecule is Clc1c(Cl)c(-c2ccccc2)c(-c2ccccc2)c(-c2ccccc2)c1/C=C/c1ccccc1. The quantitative estimate of drug-likeness (QED) is 0.221. The first kappa shape index (κ1) is 22.2. The highest BCUT2D eigenvalue weighted by atomic mass is 35.5. The van der Waals surface area contributed by atoms with Crippen molar-refractivity contribution in [3.8, 4) is 33.4 Å². The third-order valence-electron chi connectivity index (χ3n) is 5.85. The average molecular weight is 477 g/mol. The Bertz CT molecular complexity index is 1420. The molecule has 0 spiro atoms. The summed E-state index contributed by atoms with van der Waals surface area (Å²) in [6.45, 7) is 0. The molecule has 5 aromatic rings. The first-order valence-electron chi connectivity index (χ1n) is 11.2. The first-order chi connectivity index (χ1) is 16.7. The zero-order valence-corrected chi connectivity index (χ0v) is 20.0. The Morgan fingerprint density at radius 2 is 0.794 bits per heavy atom. The van der Waals surface area contributed by atoms with Crippen LogP contribution >= 0.6 is 23.2 Å². The fourth-order valence-electron chi connectivity index (χ4n) is 4.28. The topological polar surface area (TPSA) is 0 Å². The van der Waals surface area contributed by atoms with Crippen LogP contribution in [-0.4, -0.2) is 0 Å². The lowest BCUT2D eigenvalue weighted by atomic mass is 9.84. The zero-order chi connectivity index (χ0) is 23.3. The van der Waals surface area contributed by atoms with E-state index < -0.39 is 0 Å². The van der Waals surface area contributed by atoms with Crippen LogP contribution in [0, 0.1) is 0 Å². The van der Waals surface area contributed by atoms with Crippen LogP contribution in [0.25, 0.3) is 45.5 Å². The Kier molecular flexibility index (Phi) is 6.62. The zero-order valence-electron chi connectivity index (χ0n) is 18.5. The Morgan fingerprint density at radius 1 is 0.382 bits per heavy atom. The molecule has 0 saturated carbocycles. The number of hydrogen-bond acceptors (Lipinski definition) is 0. The number of rotatable bonds is 5. The van der Waals surface area contributed by atoms with Gasteiger partial charge in [-0.3, -0.25) is 0 Å². The molecule has 0 N–H and O–H groups in total. The van der Waals surface area contributed by atoms with Crippen molar-refractivity contribution in [1.29, 1.82) is 0 Å². The van der Waals surface area contributed by atoms with Gasteiger partial charge in [-0.2, -0.15) is 0 Å². The predicted octanol–water partition coefficient (Wildman–Crippen LogP) is 10.2. The van der Waals surface area contributed by atoms with Gasteiger partial charge in [0.05, 0.1) is 10.0 Å². The van der Waals surface area contributed by atoms with Gasteiger partial charge in [-0.15, -0.1) is 0 Å². The molecular formula is C32H22Cl2. The minimum Gasteiger partial charge on any atom is -0.0820 e. The Balaban J connectivity index is 1.90. The molecule has 0 nitrogen and oxygen atoms in total. The molecule has 164 valence electrons. The highest BCUT2D eigenvalue weighted by Gasteiger charge is 2.24. The third-order valence-corrected chi connectivity index (χ3v) is 6.71. The molecule has 0 unspecified atom stereocenters. The lowest BCUT2D eigenvalue weighted by Gasteiger charge is -2.22. The molecule has 5 aromatic carbocycles. The van der Waals surface area contributed by atoms with Gasteiger partial charge in [-0.1, -0.05) is 157 Å². The summed E-state index contributed by atoms with van der Waals surface area (Å²) < 4.78 is 0. The minimum atomic E-state index is 0.547. The number of benzene rings is 5. The van der Waals surface area contributed by atoms with Gasteiger partial charge in [0, 0.05) is 11.1 Å². The van der Waals surface area contributed by atoms with Gasteiger partial charge < -0.3 is 0 Å². The highest BCUT2D eigenvalue weighted by Crippen LogP contribution is 2.50. The fraction of sp³-hybridized carbons (Fsp3) is 0. The summed E-state index contributed by atoms with van der Waals surface area (Å²) in [5, 5.41) is 1.10. The van der Waals surface area contributed by atoms with Gasteiger partial charge in [-0.25, -0.2) is 0 Å². The van der Waals surface area contributed by atoms with E-state index in [0.29, 0.717) is 10.0 Å². The molecule has 0 aliphatic carbocycles. The maximum atomic E-state index is 7.06. The molecule has 0 bridgehead atoms. The van der Waals surface area contributed by atoms with Gasteiger partial charge in [0.1, 0.15) is 0 Å². The first-order valence-corrected chi connectivity index (χ1v) is 11.9. The molecule has 0 aliphatic heterocycles. The van der Waals surface area contributed by atoms with E-state index in [9.17, 15) is 0 Å². The second-order valence-corrected chi connectivity index (χ2v) is 8.76. The Morgan fingerprint density at radius 3 is 1.29 bits per heavy atom. The molecule has 5 rings (SSSR count). The summed E-state index contributed by atoms with van der Waals surface area (Å²) in [5.41, 5.74) is 8.28.